The quantitative estimate of drug-likeness (QED) is 0.768. The third-order valence-electron chi connectivity index (χ3n) is 5.02. The number of carbonyl (C=O) groups is 1. The second-order valence-corrected chi connectivity index (χ2v) is 6.73. The molecule has 1 aromatic carbocycles. The highest BCUT2D eigenvalue weighted by atomic mass is 16.7. The van der Waals surface area contributed by atoms with Gasteiger partial charge in [0.1, 0.15) is 5.69 Å². The van der Waals surface area contributed by atoms with E-state index in [2.05, 4.69) is 4.98 Å². The lowest BCUT2D eigenvalue weighted by atomic mass is 10.1. The third kappa shape index (κ3) is 2.58. The van der Waals surface area contributed by atoms with E-state index in [-0.39, 0.29) is 12.7 Å². The van der Waals surface area contributed by atoms with Crippen molar-refractivity contribution in [3.05, 3.63) is 42.1 Å². The Kier molecular flexibility index (Phi) is 3.55. The Morgan fingerprint density at radius 3 is 2.73 bits per heavy atom. The number of likely N-dealkylation sites (tertiary alicyclic amines) is 1. The molecule has 0 unspecified atom stereocenters. The molecule has 132 valence electrons. The van der Waals surface area contributed by atoms with E-state index in [1.165, 1.54) is 6.42 Å². The first-order valence-electron chi connectivity index (χ1n) is 8.97. The molecule has 4 heterocycles. The molecule has 1 fully saturated rings. The zero-order chi connectivity index (χ0) is 17.5. The topological polar surface area (TPSA) is 67.5 Å². The van der Waals surface area contributed by atoms with E-state index in [0.717, 1.165) is 59.7 Å². The Hall–Kier alpha value is -3.02. The van der Waals surface area contributed by atoms with Crippen LogP contribution in [0.15, 0.2) is 36.4 Å². The van der Waals surface area contributed by atoms with Crippen LogP contribution in [0.2, 0.25) is 0 Å². The van der Waals surface area contributed by atoms with Gasteiger partial charge in [0.15, 0.2) is 11.5 Å². The predicted molar refractivity (Wildman–Crippen MR) is 97.4 cm³/mol. The van der Waals surface area contributed by atoms with Gasteiger partial charge in [0.25, 0.3) is 5.91 Å². The Morgan fingerprint density at radius 2 is 1.85 bits per heavy atom. The van der Waals surface area contributed by atoms with Crippen LogP contribution in [0.1, 0.15) is 29.8 Å². The van der Waals surface area contributed by atoms with Crippen LogP contribution in [-0.2, 0) is 0 Å². The number of nitrogens with one attached hydrogen (secondary N) is 1. The lowest BCUT2D eigenvalue weighted by molar-refractivity contribution is 0.0719. The normalized spacial score (nSPS) is 16.2. The second kappa shape index (κ2) is 6.05. The van der Waals surface area contributed by atoms with Gasteiger partial charge in [-0.2, -0.15) is 0 Å². The summed E-state index contributed by atoms with van der Waals surface area (Å²) in [6.45, 7) is 1.93. The highest BCUT2D eigenvalue weighted by Gasteiger charge is 2.20. The molecule has 0 radical (unpaired) electrons. The molecule has 0 aliphatic carbocycles. The first-order chi connectivity index (χ1) is 12.8. The molecule has 6 nitrogen and oxygen atoms in total. The van der Waals surface area contributed by atoms with Crippen molar-refractivity contribution >= 4 is 16.9 Å². The number of aromatic nitrogens is 2. The summed E-state index contributed by atoms with van der Waals surface area (Å²) < 4.78 is 10.8. The van der Waals surface area contributed by atoms with Gasteiger partial charge < -0.3 is 19.4 Å². The van der Waals surface area contributed by atoms with Gasteiger partial charge >= 0.3 is 0 Å². The van der Waals surface area contributed by atoms with E-state index in [0.29, 0.717) is 5.69 Å². The molecule has 0 bridgehead atoms. The summed E-state index contributed by atoms with van der Waals surface area (Å²) in [6.07, 6.45) is 3.37. The largest absolute Gasteiger partial charge is 0.454 e. The fourth-order valence-electron chi connectivity index (χ4n) is 3.61. The van der Waals surface area contributed by atoms with Gasteiger partial charge in [0, 0.05) is 18.7 Å². The van der Waals surface area contributed by atoms with Crippen LogP contribution in [0.5, 0.6) is 11.5 Å². The first-order valence-corrected chi connectivity index (χ1v) is 8.97. The number of aromatic amines is 1. The van der Waals surface area contributed by atoms with Crippen molar-refractivity contribution in [2.24, 2.45) is 0 Å². The molecule has 2 aliphatic rings. The lowest BCUT2D eigenvalue weighted by Crippen LogP contribution is -2.35. The fourth-order valence-corrected chi connectivity index (χ4v) is 3.61. The van der Waals surface area contributed by atoms with Gasteiger partial charge in [-0.05, 0) is 55.7 Å². The number of rotatable bonds is 2. The molecule has 3 aromatic rings. The second-order valence-electron chi connectivity index (χ2n) is 6.73. The summed E-state index contributed by atoms with van der Waals surface area (Å²) in [4.78, 5) is 22.5. The van der Waals surface area contributed by atoms with E-state index in [4.69, 9.17) is 14.5 Å². The monoisotopic (exact) mass is 349 g/mol. The average molecular weight is 349 g/mol. The number of piperidine rings is 1. The van der Waals surface area contributed by atoms with E-state index >= 15 is 0 Å². The zero-order valence-electron chi connectivity index (χ0n) is 14.3. The molecule has 5 rings (SSSR count). The molecule has 6 heteroatoms. The highest BCUT2D eigenvalue weighted by Crippen LogP contribution is 2.35. The molecule has 0 spiro atoms. The minimum absolute atomic E-state index is 0.0623. The SMILES string of the molecule is O=C(c1cc2nc(-c3ccc4c(c3)OCO4)ccc2[nH]1)N1CCCCC1. The molecule has 1 N–H and O–H groups in total. The number of fused-ring (bicyclic) bond motifs is 2. The molecular weight excluding hydrogens is 330 g/mol. The van der Waals surface area contributed by atoms with Crippen LogP contribution in [-0.4, -0.2) is 40.7 Å². The average Bonchev–Trinajstić information content (AvgIpc) is 3.33. The number of carbonyl (C=O) groups excluding carboxylic acids is 1. The summed E-state index contributed by atoms with van der Waals surface area (Å²) in [5.74, 6) is 1.55. The Balaban J connectivity index is 1.47. The maximum absolute atomic E-state index is 12.7. The summed E-state index contributed by atoms with van der Waals surface area (Å²) in [5.41, 5.74) is 4.07. The van der Waals surface area contributed by atoms with Crippen LogP contribution in [0.3, 0.4) is 0 Å². The van der Waals surface area contributed by atoms with E-state index in [9.17, 15) is 4.79 Å². The van der Waals surface area contributed by atoms with Crippen molar-refractivity contribution in [3.8, 4) is 22.8 Å². The van der Waals surface area contributed by atoms with Crippen molar-refractivity contribution in [3.63, 3.8) is 0 Å². The van der Waals surface area contributed by atoms with Crippen molar-refractivity contribution in [2.45, 2.75) is 19.3 Å². The standard InChI is InChI=1S/C20H19N3O3/c24-20(23-8-2-1-3-9-23)17-11-16-15(22-17)6-5-14(21-16)13-4-7-18-19(10-13)26-12-25-18/h4-7,10-11,22H,1-3,8-9,12H2. The molecule has 2 aromatic heterocycles. The lowest BCUT2D eigenvalue weighted by Gasteiger charge is -2.26. The molecule has 2 aliphatic heterocycles. The molecule has 26 heavy (non-hydrogen) atoms. The fraction of sp³-hybridized carbons (Fsp3) is 0.300. The van der Waals surface area contributed by atoms with Crippen LogP contribution < -0.4 is 9.47 Å². The molecule has 0 atom stereocenters. The molecular formula is C20H19N3O3. The van der Waals surface area contributed by atoms with Crippen LogP contribution >= 0.6 is 0 Å². The summed E-state index contributed by atoms with van der Waals surface area (Å²) >= 11 is 0. The van der Waals surface area contributed by atoms with Crippen LogP contribution in [0.4, 0.5) is 0 Å². The number of ether oxygens (including phenoxy) is 2. The van der Waals surface area contributed by atoms with Gasteiger partial charge in [-0.15, -0.1) is 0 Å². The number of pyridine rings is 1. The van der Waals surface area contributed by atoms with Gasteiger partial charge in [0.2, 0.25) is 6.79 Å². The number of H-pyrrole nitrogens is 1. The van der Waals surface area contributed by atoms with Gasteiger partial charge in [-0.25, -0.2) is 4.98 Å². The van der Waals surface area contributed by atoms with Crippen molar-refractivity contribution in [1.29, 1.82) is 0 Å². The van der Waals surface area contributed by atoms with Crippen molar-refractivity contribution in [2.75, 3.05) is 19.9 Å². The van der Waals surface area contributed by atoms with Gasteiger partial charge in [0.05, 0.1) is 16.7 Å². The summed E-state index contributed by atoms with van der Waals surface area (Å²) in [6, 6.07) is 11.6. The highest BCUT2D eigenvalue weighted by molar-refractivity contribution is 5.97. The van der Waals surface area contributed by atoms with E-state index < -0.39 is 0 Å². The van der Waals surface area contributed by atoms with Gasteiger partial charge in [-0.1, -0.05) is 0 Å². The van der Waals surface area contributed by atoms with Gasteiger partial charge in [-0.3, -0.25) is 4.79 Å². The summed E-state index contributed by atoms with van der Waals surface area (Å²) in [7, 11) is 0. The first kappa shape index (κ1) is 15.3. The van der Waals surface area contributed by atoms with Crippen LogP contribution in [0, 0.1) is 0 Å². The number of nitrogens with zero attached hydrogens (tertiary/aromatic N) is 2. The van der Waals surface area contributed by atoms with E-state index in [1.807, 2.05) is 41.3 Å². The Morgan fingerprint density at radius 1 is 1.00 bits per heavy atom. The predicted octanol–water partition coefficient (Wildman–Crippen LogP) is 3.58. The van der Waals surface area contributed by atoms with Crippen molar-refractivity contribution < 1.29 is 14.3 Å². The third-order valence-corrected chi connectivity index (χ3v) is 5.02. The smallest absolute Gasteiger partial charge is 0.270 e. The minimum atomic E-state index is 0.0623. The summed E-state index contributed by atoms with van der Waals surface area (Å²) in [5, 5.41) is 0. The zero-order valence-corrected chi connectivity index (χ0v) is 14.3. The number of hydrogen-bond donors (Lipinski definition) is 1. The minimum Gasteiger partial charge on any atom is -0.454 e. The Labute approximate surface area is 150 Å². The Bertz CT molecular complexity index is 989. The van der Waals surface area contributed by atoms with Crippen molar-refractivity contribution in [1.82, 2.24) is 14.9 Å². The molecule has 1 amide bonds. The van der Waals surface area contributed by atoms with Crippen LogP contribution in [0.25, 0.3) is 22.3 Å². The molecule has 0 saturated carbocycles. The maximum atomic E-state index is 12.7. The molecule has 1 saturated heterocycles. The van der Waals surface area contributed by atoms with E-state index in [1.54, 1.807) is 0 Å². The maximum Gasteiger partial charge on any atom is 0.270 e. The number of benzene rings is 1. The number of hydrogen-bond acceptors (Lipinski definition) is 4. The number of amides is 1.